The lowest BCUT2D eigenvalue weighted by molar-refractivity contribution is 0.0940. The van der Waals surface area contributed by atoms with Crippen LogP contribution in [0.5, 0.6) is 0 Å². The third-order valence-electron chi connectivity index (χ3n) is 5.06. The van der Waals surface area contributed by atoms with E-state index in [0.29, 0.717) is 33.2 Å². The first kappa shape index (κ1) is 21.5. The molecular formula is C22H19ClF2N4OS. The first-order chi connectivity index (χ1) is 14.7. The molecule has 0 aliphatic carbocycles. The molecule has 0 saturated heterocycles. The molecule has 2 aromatic carbocycles. The molecule has 4 rings (SSSR count). The highest BCUT2D eigenvalue weighted by atomic mass is 35.5. The minimum Gasteiger partial charge on any atom is -0.343 e. The Morgan fingerprint density at radius 1 is 1.19 bits per heavy atom. The number of amides is 1. The van der Waals surface area contributed by atoms with Gasteiger partial charge in [0.1, 0.15) is 11.6 Å². The van der Waals surface area contributed by atoms with E-state index < -0.39 is 17.2 Å². The van der Waals surface area contributed by atoms with E-state index in [1.807, 2.05) is 26.2 Å². The molecule has 31 heavy (non-hydrogen) atoms. The molecule has 1 aliphatic heterocycles. The van der Waals surface area contributed by atoms with Crippen molar-refractivity contribution < 1.29 is 13.6 Å². The zero-order valence-electron chi connectivity index (χ0n) is 17.0. The van der Waals surface area contributed by atoms with Crippen LogP contribution in [0.3, 0.4) is 0 Å². The molecule has 9 heteroatoms. The van der Waals surface area contributed by atoms with Gasteiger partial charge in [0.15, 0.2) is 0 Å². The molecule has 3 aromatic rings. The molecule has 0 fully saturated rings. The number of carbonyl (C=O) groups is 1. The van der Waals surface area contributed by atoms with Crippen LogP contribution in [0.4, 0.5) is 20.4 Å². The smallest absolute Gasteiger partial charge is 0.252 e. The second-order valence-electron chi connectivity index (χ2n) is 7.71. The van der Waals surface area contributed by atoms with Crippen LogP contribution in [0, 0.1) is 11.6 Å². The van der Waals surface area contributed by atoms with Crippen LogP contribution in [-0.2, 0) is 11.3 Å². The summed E-state index contributed by atoms with van der Waals surface area (Å²) in [4.78, 5) is 20.7. The Kier molecular flexibility index (Phi) is 5.61. The van der Waals surface area contributed by atoms with Gasteiger partial charge in [0, 0.05) is 22.9 Å². The monoisotopic (exact) mass is 460 g/mol. The van der Waals surface area contributed by atoms with Crippen molar-refractivity contribution in [3.05, 3.63) is 69.9 Å². The molecule has 0 saturated carbocycles. The first-order valence-corrected chi connectivity index (χ1v) is 11.2. The number of hydrogen-bond acceptors (Lipinski definition) is 5. The Morgan fingerprint density at radius 2 is 1.97 bits per heavy atom. The minimum absolute atomic E-state index is 0.0728. The molecule has 2 N–H and O–H groups in total. The number of carbonyl (C=O) groups excluding carboxylic acids is 1. The number of halogens is 3. The van der Waals surface area contributed by atoms with Crippen LogP contribution in [0.15, 0.2) is 36.5 Å². The van der Waals surface area contributed by atoms with E-state index in [2.05, 4.69) is 20.6 Å². The summed E-state index contributed by atoms with van der Waals surface area (Å²) < 4.78 is 28.2. The zero-order chi connectivity index (χ0) is 22.3. The summed E-state index contributed by atoms with van der Waals surface area (Å²) in [5, 5.41) is 6.05. The number of anilines is 2. The van der Waals surface area contributed by atoms with Gasteiger partial charge >= 0.3 is 0 Å². The predicted molar refractivity (Wildman–Crippen MR) is 120 cm³/mol. The summed E-state index contributed by atoms with van der Waals surface area (Å²) in [6, 6.07) is 7.60. The van der Waals surface area contributed by atoms with Gasteiger partial charge in [-0.3, -0.25) is 4.79 Å². The van der Waals surface area contributed by atoms with Crippen molar-refractivity contribution in [1.82, 2.24) is 15.3 Å². The number of nitrogens with one attached hydrogen (secondary N) is 2. The maximum absolute atomic E-state index is 14.3. The third kappa shape index (κ3) is 4.09. The average Bonchev–Trinajstić information content (AvgIpc) is 2.95. The molecule has 160 valence electrons. The number of rotatable bonds is 5. The van der Waals surface area contributed by atoms with Crippen LogP contribution in [0.1, 0.15) is 35.3 Å². The maximum Gasteiger partial charge on any atom is 0.252 e. The van der Waals surface area contributed by atoms with Crippen molar-refractivity contribution in [1.29, 1.82) is 0 Å². The van der Waals surface area contributed by atoms with Crippen LogP contribution in [0.2, 0.25) is 5.02 Å². The van der Waals surface area contributed by atoms with Gasteiger partial charge < -0.3 is 10.6 Å². The predicted octanol–water partition coefficient (Wildman–Crippen LogP) is 5.66. The SMILES string of the molecule is CSCc1cc(Nc2ncc(Cl)c(-c3ccc4c(c3)C(C)(C)NC4=O)n2)c(F)cc1F. The van der Waals surface area contributed by atoms with Gasteiger partial charge in [-0.25, -0.2) is 18.7 Å². The molecule has 0 unspecified atom stereocenters. The molecule has 0 bridgehead atoms. The zero-order valence-corrected chi connectivity index (χ0v) is 18.6. The highest BCUT2D eigenvalue weighted by Crippen LogP contribution is 2.35. The molecular weight excluding hydrogens is 442 g/mol. The molecule has 0 radical (unpaired) electrons. The largest absolute Gasteiger partial charge is 0.343 e. The van der Waals surface area contributed by atoms with Crippen LogP contribution < -0.4 is 10.6 Å². The average molecular weight is 461 g/mol. The van der Waals surface area contributed by atoms with Crippen molar-refractivity contribution in [3.63, 3.8) is 0 Å². The Morgan fingerprint density at radius 3 is 2.71 bits per heavy atom. The van der Waals surface area contributed by atoms with Crippen molar-refractivity contribution >= 4 is 40.9 Å². The van der Waals surface area contributed by atoms with Crippen molar-refractivity contribution in [2.45, 2.75) is 25.1 Å². The second-order valence-corrected chi connectivity index (χ2v) is 8.98. The van der Waals surface area contributed by atoms with Gasteiger partial charge in [0.05, 0.1) is 28.1 Å². The standard InChI is InChI=1S/C22H19ClF2N4OS/c1-22(2)14-6-11(4-5-13(14)20(30)29-22)19-15(23)9-26-21(28-19)27-18-7-12(10-31-3)16(24)8-17(18)25/h4-9H,10H2,1-3H3,(H,29,30)(H,26,27,28). The van der Waals surface area contributed by atoms with Crippen molar-refractivity contribution in [3.8, 4) is 11.3 Å². The van der Waals surface area contributed by atoms with Gasteiger partial charge in [0.2, 0.25) is 5.95 Å². The lowest BCUT2D eigenvalue weighted by atomic mass is 9.92. The summed E-state index contributed by atoms with van der Waals surface area (Å²) in [6.45, 7) is 3.83. The molecule has 1 aromatic heterocycles. The first-order valence-electron chi connectivity index (χ1n) is 9.43. The van der Waals surface area contributed by atoms with Gasteiger partial charge in [0.25, 0.3) is 5.91 Å². The number of benzene rings is 2. The summed E-state index contributed by atoms with van der Waals surface area (Å²) in [6.07, 6.45) is 3.25. The highest BCUT2D eigenvalue weighted by Gasteiger charge is 2.35. The van der Waals surface area contributed by atoms with E-state index in [9.17, 15) is 13.6 Å². The van der Waals surface area contributed by atoms with E-state index in [4.69, 9.17) is 11.6 Å². The summed E-state index contributed by atoms with van der Waals surface area (Å²) in [7, 11) is 0. The Balaban J connectivity index is 1.71. The molecule has 0 spiro atoms. The topological polar surface area (TPSA) is 66.9 Å². The fourth-order valence-corrected chi connectivity index (χ4v) is 4.26. The molecule has 0 atom stereocenters. The highest BCUT2D eigenvalue weighted by molar-refractivity contribution is 7.97. The molecule has 2 heterocycles. The number of aromatic nitrogens is 2. The van der Waals surface area contributed by atoms with Gasteiger partial charge in [-0.05, 0) is 49.4 Å². The number of thioether (sulfide) groups is 1. The molecule has 1 amide bonds. The Labute approximate surface area is 187 Å². The fraction of sp³-hybridized carbons (Fsp3) is 0.227. The van der Waals surface area contributed by atoms with Crippen LogP contribution >= 0.6 is 23.4 Å². The van der Waals surface area contributed by atoms with E-state index in [1.165, 1.54) is 24.0 Å². The summed E-state index contributed by atoms with van der Waals surface area (Å²) in [5.41, 5.74) is 2.50. The third-order valence-corrected chi connectivity index (χ3v) is 5.94. The summed E-state index contributed by atoms with van der Waals surface area (Å²) in [5.74, 6) is -0.944. The second kappa shape index (κ2) is 8.09. The van der Waals surface area contributed by atoms with Crippen LogP contribution in [-0.4, -0.2) is 22.1 Å². The Hall–Kier alpha value is -2.71. The van der Waals surface area contributed by atoms with Gasteiger partial charge in [-0.15, -0.1) is 0 Å². The summed E-state index contributed by atoms with van der Waals surface area (Å²) >= 11 is 7.77. The lowest BCUT2D eigenvalue weighted by Crippen LogP contribution is -2.32. The normalized spacial score (nSPS) is 14.3. The van der Waals surface area contributed by atoms with Crippen LogP contribution in [0.25, 0.3) is 11.3 Å². The quantitative estimate of drug-likeness (QED) is 0.514. The van der Waals surface area contributed by atoms with Crippen molar-refractivity contribution in [2.24, 2.45) is 0 Å². The minimum atomic E-state index is -0.744. The van der Waals surface area contributed by atoms with Gasteiger partial charge in [-0.1, -0.05) is 17.7 Å². The van der Waals surface area contributed by atoms with Gasteiger partial charge in [-0.2, -0.15) is 11.8 Å². The lowest BCUT2D eigenvalue weighted by Gasteiger charge is -2.19. The fourth-order valence-electron chi connectivity index (χ4n) is 3.53. The Bertz CT molecular complexity index is 1200. The van der Waals surface area contributed by atoms with E-state index in [1.54, 1.807) is 12.1 Å². The van der Waals surface area contributed by atoms with E-state index >= 15 is 0 Å². The number of hydrogen-bond donors (Lipinski definition) is 2. The number of fused-ring (bicyclic) bond motifs is 1. The molecule has 1 aliphatic rings. The van der Waals surface area contributed by atoms with E-state index in [0.717, 1.165) is 11.6 Å². The van der Waals surface area contributed by atoms with Crippen molar-refractivity contribution in [2.75, 3.05) is 11.6 Å². The maximum atomic E-state index is 14.3. The van der Waals surface area contributed by atoms with E-state index in [-0.39, 0.29) is 17.5 Å². The molecule has 5 nitrogen and oxygen atoms in total. The number of nitrogens with zero attached hydrogens (tertiary/aromatic N) is 2.